The number of rotatable bonds is 3. The molecular weight excluding hydrogens is 196 g/mol. The van der Waals surface area contributed by atoms with Crippen molar-refractivity contribution in [1.29, 1.82) is 0 Å². The highest BCUT2D eigenvalue weighted by Crippen LogP contribution is 2.12. The van der Waals surface area contributed by atoms with Crippen LogP contribution in [0.15, 0.2) is 0 Å². The summed E-state index contributed by atoms with van der Waals surface area (Å²) < 4.78 is 4.80. The number of carbonyl (C=O) groups is 1. The maximum Gasteiger partial charge on any atom is 0.309 e. The van der Waals surface area contributed by atoms with Crippen LogP contribution in [0.25, 0.3) is 0 Å². The molecule has 0 N–H and O–H groups in total. The number of ether oxygens (including phenoxy) is 1. The highest BCUT2D eigenvalue weighted by atomic mass is 79.9. The van der Waals surface area contributed by atoms with Crippen LogP contribution in [0.1, 0.15) is 20.8 Å². The molecule has 10 heavy (non-hydrogen) atoms. The largest absolute Gasteiger partial charge is 0.466 e. The van der Waals surface area contributed by atoms with Crippen molar-refractivity contribution < 1.29 is 9.53 Å². The quantitative estimate of drug-likeness (QED) is 0.524. The third kappa shape index (κ3) is 3.20. The molecule has 0 aliphatic heterocycles. The van der Waals surface area contributed by atoms with Crippen molar-refractivity contribution in [2.75, 3.05) is 6.61 Å². The fraction of sp³-hybridized carbons (Fsp3) is 0.857. The first-order valence-electron chi connectivity index (χ1n) is 3.40. The molecule has 0 rings (SSSR count). The van der Waals surface area contributed by atoms with E-state index in [0.29, 0.717) is 6.61 Å². The van der Waals surface area contributed by atoms with Crippen molar-refractivity contribution in [1.82, 2.24) is 0 Å². The van der Waals surface area contributed by atoms with Gasteiger partial charge in [0.05, 0.1) is 12.5 Å². The van der Waals surface area contributed by atoms with Gasteiger partial charge in [0.25, 0.3) is 0 Å². The monoisotopic (exact) mass is 208 g/mol. The number of carbonyl (C=O) groups excluding carboxylic acids is 1. The van der Waals surface area contributed by atoms with E-state index in [1.165, 1.54) is 0 Å². The molecule has 0 spiro atoms. The second-order valence-corrected chi connectivity index (χ2v) is 3.66. The average Bonchev–Trinajstić information content (AvgIpc) is 1.87. The van der Waals surface area contributed by atoms with E-state index in [-0.39, 0.29) is 16.7 Å². The molecule has 0 radical (unpaired) electrons. The summed E-state index contributed by atoms with van der Waals surface area (Å²) in [5.74, 6) is -0.188. The Hall–Kier alpha value is -0.0500. The van der Waals surface area contributed by atoms with Crippen molar-refractivity contribution in [3.8, 4) is 0 Å². The Labute approximate surface area is 70.1 Å². The summed E-state index contributed by atoms with van der Waals surface area (Å²) in [5.41, 5.74) is 0. The van der Waals surface area contributed by atoms with Gasteiger partial charge in [0.15, 0.2) is 0 Å². The maximum absolute atomic E-state index is 10.9. The van der Waals surface area contributed by atoms with E-state index in [4.69, 9.17) is 4.74 Å². The molecule has 60 valence electrons. The van der Waals surface area contributed by atoms with Gasteiger partial charge in [0.1, 0.15) is 0 Å². The number of halogens is 1. The molecule has 0 saturated heterocycles. The Bertz CT molecular complexity index is 112. The van der Waals surface area contributed by atoms with E-state index in [0.717, 1.165) is 0 Å². The summed E-state index contributed by atoms with van der Waals surface area (Å²) >= 11 is 3.31. The van der Waals surface area contributed by atoms with Crippen LogP contribution in [0.5, 0.6) is 0 Å². The van der Waals surface area contributed by atoms with Gasteiger partial charge in [0, 0.05) is 4.83 Å². The fourth-order valence-corrected chi connectivity index (χ4v) is 0.677. The van der Waals surface area contributed by atoms with E-state index in [1.54, 1.807) is 0 Å². The first kappa shape index (κ1) is 9.95. The summed E-state index contributed by atoms with van der Waals surface area (Å²) in [5, 5.41) is 0. The van der Waals surface area contributed by atoms with Crippen LogP contribution in [0.3, 0.4) is 0 Å². The summed E-state index contributed by atoms with van der Waals surface area (Å²) in [6, 6.07) is 0. The van der Waals surface area contributed by atoms with Crippen molar-refractivity contribution in [3.05, 3.63) is 0 Å². The first-order chi connectivity index (χ1) is 4.59. The van der Waals surface area contributed by atoms with Gasteiger partial charge < -0.3 is 4.74 Å². The van der Waals surface area contributed by atoms with E-state index in [2.05, 4.69) is 15.9 Å². The van der Waals surface area contributed by atoms with Crippen LogP contribution in [0, 0.1) is 5.92 Å². The zero-order valence-corrected chi connectivity index (χ0v) is 8.14. The Kier molecular flexibility index (Phi) is 4.69. The molecule has 0 amide bonds. The van der Waals surface area contributed by atoms with Gasteiger partial charge >= 0.3 is 5.97 Å². The van der Waals surface area contributed by atoms with Gasteiger partial charge in [-0.15, -0.1) is 0 Å². The van der Waals surface area contributed by atoms with Crippen LogP contribution in [-0.4, -0.2) is 17.4 Å². The molecule has 0 aliphatic carbocycles. The summed E-state index contributed by atoms with van der Waals surface area (Å²) in [6.45, 7) is 6.05. The Morgan fingerprint density at radius 2 is 2.10 bits per heavy atom. The molecule has 0 aromatic rings. The van der Waals surface area contributed by atoms with Crippen molar-refractivity contribution in [2.24, 2.45) is 5.92 Å². The van der Waals surface area contributed by atoms with Gasteiger partial charge in [-0.2, -0.15) is 0 Å². The second kappa shape index (κ2) is 4.72. The molecule has 0 aromatic carbocycles. The van der Waals surface area contributed by atoms with Crippen LogP contribution in [0.2, 0.25) is 0 Å². The molecule has 0 saturated carbocycles. The molecule has 2 atom stereocenters. The molecule has 0 aromatic heterocycles. The highest BCUT2D eigenvalue weighted by molar-refractivity contribution is 9.09. The number of hydrogen-bond donors (Lipinski definition) is 0. The van der Waals surface area contributed by atoms with Gasteiger partial charge in [-0.3, -0.25) is 4.79 Å². The molecule has 0 fully saturated rings. The number of esters is 1. The molecule has 1 unspecified atom stereocenters. The van der Waals surface area contributed by atoms with E-state index in [1.807, 2.05) is 20.8 Å². The third-order valence-corrected chi connectivity index (χ3v) is 2.14. The second-order valence-electron chi connectivity index (χ2n) is 2.22. The molecule has 0 heterocycles. The molecule has 3 heteroatoms. The minimum Gasteiger partial charge on any atom is -0.466 e. The predicted molar refractivity (Wildman–Crippen MR) is 44.2 cm³/mol. The van der Waals surface area contributed by atoms with Crippen LogP contribution >= 0.6 is 15.9 Å². The van der Waals surface area contributed by atoms with Crippen molar-refractivity contribution >= 4 is 21.9 Å². The van der Waals surface area contributed by atoms with Gasteiger partial charge in [-0.1, -0.05) is 29.8 Å². The SMILES string of the molecule is CCOC(=O)C(C)[C@@H](C)Br. The lowest BCUT2D eigenvalue weighted by molar-refractivity contribution is -0.147. The van der Waals surface area contributed by atoms with Gasteiger partial charge in [-0.05, 0) is 6.92 Å². The van der Waals surface area contributed by atoms with Crippen LogP contribution in [0.4, 0.5) is 0 Å². The topological polar surface area (TPSA) is 26.3 Å². The van der Waals surface area contributed by atoms with Crippen LogP contribution in [-0.2, 0) is 9.53 Å². The standard InChI is InChI=1S/C7H13BrO2/c1-4-10-7(9)5(2)6(3)8/h5-6H,4H2,1-3H3/t5?,6-/m1/s1. The normalized spacial score (nSPS) is 16.0. The van der Waals surface area contributed by atoms with Crippen LogP contribution < -0.4 is 0 Å². The van der Waals surface area contributed by atoms with E-state index >= 15 is 0 Å². The zero-order chi connectivity index (χ0) is 8.15. The predicted octanol–water partition coefficient (Wildman–Crippen LogP) is 1.97. The number of alkyl halides is 1. The minimum absolute atomic E-state index is 0.0556. The first-order valence-corrected chi connectivity index (χ1v) is 4.31. The smallest absolute Gasteiger partial charge is 0.309 e. The third-order valence-electron chi connectivity index (χ3n) is 1.35. The van der Waals surface area contributed by atoms with Crippen molar-refractivity contribution in [2.45, 2.75) is 25.6 Å². The lowest BCUT2D eigenvalue weighted by Crippen LogP contribution is -2.21. The summed E-state index contributed by atoms with van der Waals surface area (Å²) in [6.07, 6.45) is 0. The lowest BCUT2D eigenvalue weighted by Gasteiger charge is -2.11. The summed E-state index contributed by atoms with van der Waals surface area (Å²) in [4.78, 5) is 11.1. The lowest BCUT2D eigenvalue weighted by atomic mass is 10.1. The Balaban J connectivity index is 3.71. The highest BCUT2D eigenvalue weighted by Gasteiger charge is 2.18. The van der Waals surface area contributed by atoms with E-state index in [9.17, 15) is 4.79 Å². The zero-order valence-electron chi connectivity index (χ0n) is 6.56. The number of hydrogen-bond acceptors (Lipinski definition) is 2. The molecule has 0 bridgehead atoms. The fourth-order valence-electron chi connectivity index (χ4n) is 0.461. The Morgan fingerprint density at radius 1 is 1.60 bits per heavy atom. The van der Waals surface area contributed by atoms with Crippen molar-refractivity contribution in [3.63, 3.8) is 0 Å². The minimum atomic E-state index is -0.133. The maximum atomic E-state index is 10.9. The molecule has 0 aliphatic rings. The summed E-state index contributed by atoms with van der Waals surface area (Å²) in [7, 11) is 0. The molecule has 2 nitrogen and oxygen atoms in total. The average molecular weight is 209 g/mol. The van der Waals surface area contributed by atoms with Gasteiger partial charge in [0.2, 0.25) is 0 Å². The Morgan fingerprint density at radius 3 is 2.40 bits per heavy atom. The van der Waals surface area contributed by atoms with Gasteiger partial charge in [-0.25, -0.2) is 0 Å². The molecular formula is C7H13BrO2. The van der Waals surface area contributed by atoms with E-state index < -0.39 is 0 Å².